The second-order valence-electron chi connectivity index (χ2n) is 7.76. The molecule has 0 saturated carbocycles. The van der Waals surface area contributed by atoms with Gasteiger partial charge in [-0.15, -0.1) is 0 Å². The molecule has 0 radical (unpaired) electrons. The van der Waals surface area contributed by atoms with Gasteiger partial charge in [0.25, 0.3) is 5.91 Å². The van der Waals surface area contributed by atoms with Crippen LogP contribution in [-0.4, -0.2) is 52.8 Å². The highest BCUT2D eigenvalue weighted by atomic mass is 35.5. The van der Waals surface area contributed by atoms with Crippen molar-refractivity contribution in [3.05, 3.63) is 75.7 Å². The van der Waals surface area contributed by atoms with Crippen LogP contribution in [0.1, 0.15) is 28.2 Å². The van der Waals surface area contributed by atoms with E-state index in [-0.39, 0.29) is 16.8 Å². The molecule has 32 heavy (non-hydrogen) atoms. The third kappa shape index (κ3) is 4.97. The number of benzene rings is 2. The van der Waals surface area contributed by atoms with Gasteiger partial charge < -0.3 is 14.2 Å². The molecule has 0 N–H and O–H groups in total. The van der Waals surface area contributed by atoms with E-state index in [1.54, 1.807) is 34.2 Å². The van der Waals surface area contributed by atoms with Gasteiger partial charge in [-0.1, -0.05) is 59.1 Å². The van der Waals surface area contributed by atoms with E-state index in [2.05, 4.69) is 4.98 Å². The van der Waals surface area contributed by atoms with Gasteiger partial charge in [-0.3, -0.25) is 9.59 Å². The van der Waals surface area contributed by atoms with Crippen LogP contribution in [-0.2, 0) is 11.2 Å². The van der Waals surface area contributed by atoms with Crippen LogP contribution in [0.5, 0.6) is 0 Å². The standard InChI is InChI=1S/C24H23Cl2N3O3/c1-16-5-7-17(8-6-16)20-15-27-21(32-20)9-10-22(30)28-11-13-29(14-12-28)24(31)18-3-2-4-19(25)23(18)26/h2-8,15H,9-14H2,1H3. The maximum Gasteiger partial charge on any atom is 0.255 e. The Morgan fingerprint density at radius 3 is 2.41 bits per heavy atom. The first-order valence-corrected chi connectivity index (χ1v) is 11.2. The van der Waals surface area contributed by atoms with Gasteiger partial charge in [0.05, 0.1) is 21.8 Å². The third-order valence-electron chi connectivity index (χ3n) is 5.54. The Kier molecular flexibility index (Phi) is 6.82. The molecule has 3 aromatic rings. The molecule has 1 aliphatic heterocycles. The van der Waals surface area contributed by atoms with Gasteiger partial charge in [0.2, 0.25) is 5.91 Å². The first-order chi connectivity index (χ1) is 15.4. The molecule has 0 aliphatic carbocycles. The fourth-order valence-corrected chi connectivity index (χ4v) is 4.03. The van der Waals surface area contributed by atoms with Crippen molar-refractivity contribution in [1.29, 1.82) is 0 Å². The van der Waals surface area contributed by atoms with Crippen LogP contribution in [0.3, 0.4) is 0 Å². The molecule has 0 atom stereocenters. The van der Waals surface area contributed by atoms with Crippen LogP contribution in [0.4, 0.5) is 0 Å². The van der Waals surface area contributed by atoms with Gasteiger partial charge in [-0.2, -0.15) is 0 Å². The van der Waals surface area contributed by atoms with E-state index in [1.165, 1.54) is 5.56 Å². The first kappa shape index (κ1) is 22.4. The Bertz CT molecular complexity index is 1120. The Balaban J connectivity index is 1.28. The van der Waals surface area contributed by atoms with E-state index in [4.69, 9.17) is 27.6 Å². The number of hydrogen-bond acceptors (Lipinski definition) is 4. The average Bonchev–Trinajstić information content (AvgIpc) is 3.28. The summed E-state index contributed by atoms with van der Waals surface area (Å²) in [6.45, 7) is 3.88. The summed E-state index contributed by atoms with van der Waals surface area (Å²) in [5.74, 6) is 1.08. The van der Waals surface area contributed by atoms with Crippen molar-refractivity contribution in [3.8, 4) is 11.3 Å². The van der Waals surface area contributed by atoms with Crippen LogP contribution in [0.2, 0.25) is 10.0 Å². The topological polar surface area (TPSA) is 66.7 Å². The minimum atomic E-state index is -0.173. The van der Waals surface area contributed by atoms with Gasteiger partial charge in [0.1, 0.15) is 0 Å². The molecule has 8 heteroatoms. The predicted molar refractivity (Wildman–Crippen MR) is 124 cm³/mol. The summed E-state index contributed by atoms with van der Waals surface area (Å²) in [7, 11) is 0. The summed E-state index contributed by atoms with van der Waals surface area (Å²) in [4.78, 5) is 33.2. The summed E-state index contributed by atoms with van der Waals surface area (Å²) in [5, 5.41) is 0.608. The fraction of sp³-hybridized carbons (Fsp3) is 0.292. The van der Waals surface area contributed by atoms with Crippen molar-refractivity contribution in [3.63, 3.8) is 0 Å². The van der Waals surface area contributed by atoms with E-state index in [9.17, 15) is 9.59 Å². The maximum atomic E-state index is 12.8. The lowest BCUT2D eigenvalue weighted by Crippen LogP contribution is -2.50. The zero-order valence-electron chi connectivity index (χ0n) is 17.7. The molecule has 4 rings (SSSR count). The number of rotatable bonds is 5. The molecule has 0 bridgehead atoms. The van der Waals surface area contributed by atoms with Crippen molar-refractivity contribution in [2.45, 2.75) is 19.8 Å². The highest BCUT2D eigenvalue weighted by Crippen LogP contribution is 2.27. The minimum absolute atomic E-state index is 0.0213. The SMILES string of the molecule is Cc1ccc(-c2cnc(CCC(=O)N3CCN(C(=O)c4cccc(Cl)c4Cl)CC3)o2)cc1. The van der Waals surface area contributed by atoms with Gasteiger partial charge >= 0.3 is 0 Å². The monoisotopic (exact) mass is 471 g/mol. The van der Waals surface area contributed by atoms with E-state index < -0.39 is 0 Å². The molecule has 2 amide bonds. The summed E-state index contributed by atoms with van der Waals surface area (Å²) in [6, 6.07) is 13.0. The number of oxazole rings is 1. The molecular weight excluding hydrogens is 449 g/mol. The molecular formula is C24H23Cl2N3O3. The quantitative estimate of drug-likeness (QED) is 0.531. The number of aromatic nitrogens is 1. The lowest BCUT2D eigenvalue weighted by Gasteiger charge is -2.35. The van der Waals surface area contributed by atoms with E-state index in [0.717, 1.165) is 5.56 Å². The number of nitrogens with zero attached hydrogens (tertiary/aromatic N) is 3. The van der Waals surface area contributed by atoms with E-state index in [1.807, 2.05) is 31.2 Å². The zero-order valence-corrected chi connectivity index (χ0v) is 19.2. The smallest absolute Gasteiger partial charge is 0.255 e. The highest BCUT2D eigenvalue weighted by Gasteiger charge is 2.26. The molecule has 1 aliphatic rings. The van der Waals surface area contributed by atoms with Crippen molar-refractivity contribution in [1.82, 2.24) is 14.8 Å². The predicted octanol–water partition coefficient (Wildman–Crippen LogP) is 4.87. The molecule has 0 spiro atoms. The molecule has 1 fully saturated rings. The largest absolute Gasteiger partial charge is 0.441 e. The number of amides is 2. The summed E-state index contributed by atoms with van der Waals surface area (Å²) >= 11 is 12.2. The van der Waals surface area contributed by atoms with E-state index in [0.29, 0.717) is 61.3 Å². The van der Waals surface area contributed by atoms with Crippen molar-refractivity contribution in [2.24, 2.45) is 0 Å². The van der Waals surface area contributed by atoms with Crippen LogP contribution in [0.25, 0.3) is 11.3 Å². The Labute approximate surface area is 196 Å². The van der Waals surface area contributed by atoms with Crippen molar-refractivity contribution in [2.75, 3.05) is 26.2 Å². The maximum absolute atomic E-state index is 12.8. The summed E-state index contributed by atoms with van der Waals surface area (Å²) in [5.41, 5.74) is 2.52. The number of halogens is 2. The fourth-order valence-electron chi connectivity index (χ4n) is 3.65. The van der Waals surface area contributed by atoms with Crippen LogP contribution in [0, 0.1) is 6.92 Å². The lowest BCUT2D eigenvalue weighted by atomic mass is 10.1. The van der Waals surface area contributed by atoms with Gasteiger partial charge in [0.15, 0.2) is 11.7 Å². The second kappa shape index (κ2) is 9.76. The van der Waals surface area contributed by atoms with E-state index >= 15 is 0 Å². The number of aryl methyl sites for hydroxylation is 2. The molecule has 6 nitrogen and oxygen atoms in total. The number of carbonyl (C=O) groups is 2. The summed E-state index contributed by atoms with van der Waals surface area (Å²) < 4.78 is 5.81. The second-order valence-corrected chi connectivity index (χ2v) is 8.54. The average molecular weight is 472 g/mol. The van der Waals surface area contributed by atoms with Gasteiger partial charge in [-0.05, 0) is 19.1 Å². The molecule has 0 unspecified atom stereocenters. The Morgan fingerprint density at radius 2 is 1.69 bits per heavy atom. The third-order valence-corrected chi connectivity index (χ3v) is 6.36. The molecule has 1 aromatic heterocycles. The van der Waals surface area contributed by atoms with Gasteiger partial charge in [-0.25, -0.2) is 4.98 Å². The lowest BCUT2D eigenvalue weighted by molar-refractivity contribution is -0.132. The molecule has 2 aromatic carbocycles. The summed E-state index contributed by atoms with van der Waals surface area (Å²) in [6.07, 6.45) is 2.43. The number of hydrogen-bond donors (Lipinski definition) is 0. The normalized spacial score (nSPS) is 14.0. The van der Waals surface area contributed by atoms with Crippen LogP contribution < -0.4 is 0 Å². The van der Waals surface area contributed by atoms with Gasteiger partial charge in [0, 0.05) is 44.6 Å². The highest BCUT2D eigenvalue weighted by molar-refractivity contribution is 6.43. The Hall–Kier alpha value is -2.83. The molecule has 1 saturated heterocycles. The number of carbonyl (C=O) groups excluding carboxylic acids is 2. The molecule has 166 valence electrons. The van der Waals surface area contributed by atoms with Crippen LogP contribution >= 0.6 is 23.2 Å². The zero-order chi connectivity index (χ0) is 22.7. The Morgan fingerprint density at radius 1 is 1.00 bits per heavy atom. The molecule has 2 heterocycles. The van der Waals surface area contributed by atoms with Crippen molar-refractivity contribution >= 4 is 35.0 Å². The number of piperazine rings is 1. The van der Waals surface area contributed by atoms with Crippen LogP contribution in [0.15, 0.2) is 53.1 Å². The minimum Gasteiger partial charge on any atom is -0.441 e. The van der Waals surface area contributed by atoms with Crippen molar-refractivity contribution < 1.29 is 14.0 Å². The first-order valence-electron chi connectivity index (χ1n) is 10.4.